The van der Waals surface area contributed by atoms with Crippen molar-refractivity contribution in [3.05, 3.63) is 59.1 Å². The molecule has 1 amide bonds. The van der Waals surface area contributed by atoms with Crippen LogP contribution in [0.4, 0.5) is 0 Å². The van der Waals surface area contributed by atoms with Gasteiger partial charge in [-0.15, -0.1) is 0 Å². The van der Waals surface area contributed by atoms with Gasteiger partial charge in [-0.25, -0.2) is 0 Å². The molecule has 0 aliphatic carbocycles. The van der Waals surface area contributed by atoms with Crippen molar-refractivity contribution in [3.8, 4) is 11.5 Å². The van der Waals surface area contributed by atoms with Gasteiger partial charge in [0.1, 0.15) is 11.5 Å². The van der Waals surface area contributed by atoms with Crippen LogP contribution >= 0.6 is 11.6 Å². The molecule has 5 heteroatoms. The average Bonchev–Trinajstić information content (AvgIpc) is 2.51. The number of carbonyl (C=O) groups excluding carboxylic acids is 1. The number of nitrogens with one attached hydrogen (secondary N) is 1. The summed E-state index contributed by atoms with van der Waals surface area (Å²) in [5.74, 6) is 1.08. The van der Waals surface area contributed by atoms with Gasteiger partial charge >= 0.3 is 0 Å². The maximum absolute atomic E-state index is 11.7. The van der Waals surface area contributed by atoms with Crippen LogP contribution < -0.4 is 14.8 Å². The summed E-state index contributed by atoms with van der Waals surface area (Å²) in [6.45, 7) is 0.370. The first-order valence-corrected chi connectivity index (χ1v) is 6.83. The Morgan fingerprint density at radius 1 is 1.14 bits per heavy atom. The topological polar surface area (TPSA) is 47.6 Å². The molecule has 0 aliphatic rings. The van der Waals surface area contributed by atoms with E-state index in [-0.39, 0.29) is 12.5 Å². The SMILES string of the molecule is COc1cccc(OCC(=O)NCc2cccc(Cl)c2)c1. The van der Waals surface area contributed by atoms with Crippen molar-refractivity contribution in [2.45, 2.75) is 6.54 Å². The summed E-state index contributed by atoms with van der Waals surface area (Å²) >= 11 is 5.88. The predicted molar refractivity (Wildman–Crippen MR) is 81.8 cm³/mol. The normalized spacial score (nSPS) is 10.0. The number of hydrogen-bond acceptors (Lipinski definition) is 3. The zero-order chi connectivity index (χ0) is 15.1. The number of benzene rings is 2. The van der Waals surface area contributed by atoms with E-state index in [1.54, 1.807) is 31.4 Å². The van der Waals surface area contributed by atoms with Crippen LogP contribution in [-0.4, -0.2) is 19.6 Å². The summed E-state index contributed by atoms with van der Waals surface area (Å²) in [5, 5.41) is 3.42. The van der Waals surface area contributed by atoms with E-state index in [0.29, 0.717) is 23.1 Å². The van der Waals surface area contributed by atoms with E-state index in [9.17, 15) is 4.79 Å². The third kappa shape index (κ3) is 5.00. The molecule has 0 fully saturated rings. The molecule has 21 heavy (non-hydrogen) atoms. The van der Waals surface area contributed by atoms with Crippen molar-refractivity contribution in [2.24, 2.45) is 0 Å². The molecule has 0 saturated carbocycles. The zero-order valence-corrected chi connectivity index (χ0v) is 12.4. The van der Waals surface area contributed by atoms with Gasteiger partial charge in [-0.1, -0.05) is 29.8 Å². The third-order valence-corrected chi connectivity index (χ3v) is 3.02. The minimum Gasteiger partial charge on any atom is -0.497 e. The lowest BCUT2D eigenvalue weighted by Crippen LogP contribution is -2.28. The van der Waals surface area contributed by atoms with Crippen LogP contribution in [0.2, 0.25) is 5.02 Å². The van der Waals surface area contributed by atoms with E-state index >= 15 is 0 Å². The first-order valence-electron chi connectivity index (χ1n) is 6.45. The molecule has 0 atom stereocenters. The number of carbonyl (C=O) groups is 1. The lowest BCUT2D eigenvalue weighted by Gasteiger charge is -2.08. The number of hydrogen-bond donors (Lipinski definition) is 1. The first kappa shape index (κ1) is 15.2. The summed E-state index contributed by atoms with van der Waals surface area (Å²) in [6.07, 6.45) is 0. The number of ether oxygens (including phenoxy) is 2. The van der Waals surface area contributed by atoms with Crippen LogP contribution in [0, 0.1) is 0 Å². The zero-order valence-electron chi connectivity index (χ0n) is 11.6. The molecule has 4 nitrogen and oxygen atoms in total. The van der Waals surface area contributed by atoms with Gasteiger partial charge in [0.15, 0.2) is 6.61 Å². The smallest absolute Gasteiger partial charge is 0.258 e. The Hall–Kier alpha value is -2.20. The highest BCUT2D eigenvalue weighted by Gasteiger charge is 2.04. The quantitative estimate of drug-likeness (QED) is 0.892. The summed E-state index contributed by atoms with van der Waals surface area (Å²) in [6, 6.07) is 14.5. The summed E-state index contributed by atoms with van der Waals surface area (Å²) < 4.78 is 10.5. The maximum atomic E-state index is 11.7. The fraction of sp³-hybridized carbons (Fsp3) is 0.188. The van der Waals surface area contributed by atoms with Crippen molar-refractivity contribution in [1.82, 2.24) is 5.32 Å². The molecule has 0 bridgehead atoms. The lowest BCUT2D eigenvalue weighted by molar-refractivity contribution is -0.123. The van der Waals surface area contributed by atoms with Crippen LogP contribution in [0.5, 0.6) is 11.5 Å². The monoisotopic (exact) mass is 305 g/mol. The molecule has 0 unspecified atom stereocenters. The summed E-state index contributed by atoms with van der Waals surface area (Å²) in [5.41, 5.74) is 0.942. The van der Waals surface area contributed by atoms with Gasteiger partial charge in [0.05, 0.1) is 7.11 Å². The minimum atomic E-state index is -0.196. The highest BCUT2D eigenvalue weighted by Crippen LogP contribution is 2.18. The molecule has 0 aliphatic heterocycles. The molecule has 0 aromatic heterocycles. The van der Waals surface area contributed by atoms with Gasteiger partial charge in [-0.05, 0) is 29.8 Å². The van der Waals surface area contributed by atoms with E-state index in [0.717, 1.165) is 5.56 Å². The third-order valence-electron chi connectivity index (χ3n) is 2.79. The van der Waals surface area contributed by atoms with Crippen molar-refractivity contribution in [1.29, 1.82) is 0 Å². The number of halogens is 1. The van der Waals surface area contributed by atoms with Gasteiger partial charge in [-0.3, -0.25) is 4.79 Å². The number of rotatable bonds is 6. The molecule has 0 radical (unpaired) electrons. The molecule has 2 aromatic carbocycles. The average molecular weight is 306 g/mol. The Balaban J connectivity index is 1.79. The fourth-order valence-corrected chi connectivity index (χ4v) is 1.95. The predicted octanol–water partition coefficient (Wildman–Crippen LogP) is 3.04. The largest absolute Gasteiger partial charge is 0.497 e. The summed E-state index contributed by atoms with van der Waals surface area (Å²) in [4.78, 5) is 11.7. The van der Waals surface area contributed by atoms with E-state index in [1.165, 1.54) is 0 Å². The lowest BCUT2D eigenvalue weighted by atomic mass is 10.2. The summed E-state index contributed by atoms with van der Waals surface area (Å²) in [7, 11) is 1.58. The second-order valence-electron chi connectivity index (χ2n) is 4.37. The maximum Gasteiger partial charge on any atom is 0.258 e. The fourth-order valence-electron chi connectivity index (χ4n) is 1.74. The molecule has 0 spiro atoms. The first-order chi connectivity index (χ1) is 10.2. The molecule has 1 N–H and O–H groups in total. The molecular weight excluding hydrogens is 290 g/mol. The minimum absolute atomic E-state index is 0.0479. The highest BCUT2D eigenvalue weighted by molar-refractivity contribution is 6.30. The van der Waals surface area contributed by atoms with Gasteiger partial charge in [0.25, 0.3) is 5.91 Å². The molecule has 110 valence electrons. The second kappa shape index (κ2) is 7.55. The Kier molecular flexibility index (Phi) is 5.46. The van der Waals surface area contributed by atoms with E-state index in [1.807, 2.05) is 24.3 Å². The molecule has 2 aromatic rings. The second-order valence-corrected chi connectivity index (χ2v) is 4.81. The molecule has 0 saturated heterocycles. The van der Waals surface area contributed by atoms with Gasteiger partial charge in [0.2, 0.25) is 0 Å². The standard InChI is InChI=1S/C16H16ClNO3/c1-20-14-6-3-7-15(9-14)21-11-16(19)18-10-12-4-2-5-13(17)8-12/h2-9H,10-11H2,1H3,(H,18,19). The van der Waals surface area contributed by atoms with Gasteiger partial charge in [-0.2, -0.15) is 0 Å². The highest BCUT2D eigenvalue weighted by atomic mass is 35.5. The Morgan fingerprint density at radius 2 is 1.90 bits per heavy atom. The van der Waals surface area contributed by atoms with Crippen molar-refractivity contribution >= 4 is 17.5 Å². The van der Waals surface area contributed by atoms with Crippen molar-refractivity contribution in [3.63, 3.8) is 0 Å². The van der Waals surface area contributed by atoms with E-state index < -0.39 is 0 Å². The number of methoxy groups -OCH3 is 1. The Labute approximate surface area is 128 Å². The van der Waals surface area contributed by atoms with Crippen molar-refractivity contribution in [2.75, 3.05) is 13.7 Å². The van der Waals surface area contributed by atoms with E-state index in [4.69, 9.17) is 21.1 Å². The van der Waals surface area contributed by atoms with Crippen molar-refractivity contribution < 1.29 is 14.3 Å². The van der Waals surface area contributed by atoms with Crippen LogP contribution in [0.15, 0.2) is 48.5 Å². The van der Waals surface area contributed by atoms with Gasteiger partial charge < -0.3 is 14.8 Å². The van der Waals surface area contributed by atoms with Crippen LogP contribution in [0.25, 0.3) is 0 Å². The molecule has 0 heterocycles. The van der Waals surface area contributed by atoms with Crippen LogP contribution in [0.3, 0.4) is 0 Å². The Morgan fingerprint density at radius 3 is 2.67 bits per heavy atom. The van der Waals surface area contributed by atoms with E-state index in [2.05, 4.69) is 5.32 Å². The molecule has 2 rings (SSSR count). The molecular formula is C16H16ClNO3. The van der Waals surface area contributed by atoms with Crippen LogP contribution in [-0.2, 0) is 11.3 Å². The Bertz CT molecular complexity index is 616. The number of amides is 1. The van der Waals surface area contributed by atoms with Crippen LogP contribution in [0.1, 0.15) is 5.56 Å². The van der Waals surface area contributed by atoms with Gasteiger partial charge in [0, 0.05) is 17.6 Å².